The van der Waals surface area contributed by atoms with Gasteiger partial charge in [0.05, 0.1) is 11.7 Å². The molecule has 0 spiro atoms. The number of aromatic amines is 1. The summed E-state index contributed by atoms with van der Waals surface area (Å²) < 4.78 is 29.2. The number of methoxy groups -OCH3 is 1. The van der Waals surface area contributed by atoms with Crippen molar-refractivity contribution < 1.29 is 38.4 Å². The van der Waals surface area contributed by atoms with E-state index >= 15 is 0 Å². The van der Waals surface area contributed by atoms with Crippen LogP contribution < -0.4 is 10.4 Å². The summed E-state index contributed by atoms with van der Waals surface area (Å²) in [4.78, 5) is 30.5. The predicted molar refractivity (Wildman–Crippen MR) is 149 cm³/mol. The predicted octanol–water partition coefficient (Wildman–Crippen LogP) is 2.81. The molecule has 2 aliphatic rings. The number of hydrogen-bond donors (Lipinski definition) is 3. The van der Waals surface area contributed by atoms with E-state index in [0.717, 1.165) is 29.7 Å². The van der Waals surface area contributed by atoms with E-state index in [4.69, 9.17) is 23.4 Å². The van der Waals surface area contributed by atoms with Crippen LogP contribution in [0, 0.1) is 13.8 Å². The molecule has 0 bridgehead atoms. The Morgan fingerprint density at radius 2 is 1.88 bits per heavy atom. The van der Waals surface area contributed by atoms with Gasteiger partial charge in [-0.3, -0.25) is 4.90 Å². The quantitative estimate of drug-likeness (QED) is 0.287. The Bertz CT molecular complexity index is 1450. The molecule has 2 aromatic heterocycles. The number of nitrogens with zero attached hydrogens (tertiary/aromatic N) is 1. The summed E-state index contributed by atoms with van der Waals surface area (Å²) in [6.45, 7) is 9.16. The Morgan fingerprint density at radius 1 is 1.15 bits per heavy atom. The molecule has 2 fully saturated rings. The van der Waals surface area contributed by atoms with E-state index in [9.17, 15) is 19.8 Å². The van der Waals surface area contributed by atoms with E-state index in [2.05, 4.69) is 9.88 Å². The van der Waals surface area contributed by atoms with E-state index in [1.807, 2.05) is 13.0 Å². The molecule has 41 heavy (non-hydrogen) atoms. The van der Waals surface area contributed by atoms with Crippen LogP contribution in [0.15, 0.2) is 39.5 Å². The standard InChI is InChI=1S/C30H38N2O9/c1-16-6-8-21(31-16)28(36)40-26-24(35)29(41-30(3,4)27(26)37-5)38-22-9-7-20-18(14-23(34)39-25(20)17(22)2)15-32-12-10-19(33)11-13-32/h6-9,14,19,24,26-27,29,31,33,35H,10-13,15H2,1-5H3/t24-,26+,27-,29-/m1/s1. The fraction of sp³-hybridized carbons (Fsp3) is 0.533. The van der Waals surface area contributed by atoms with Crippen molar-refractivity contribution in [3.05, 3.63) is 63.3 Å². The van der Waals surface area contributed by atoms with Gasteiger partial charge in [-0.25, -0.2) is 9.59 Å². The maximum Gasteiger partial charge on any atom is 0.355 e. The molecule has 2 aliphatic heterocycles. The second-order valence-corrected chi connectivity index (χ2v) is 11.4. The van der Waals surface area contributed by atoms with Crippen molar-refractivity contribution >= 4 is 16.9 Å². The van der Waals surface area contributed by atoms with Crippen molar-refractivity contribution in [3.63, 3.8) is 0 Å². The lowest BCUT2D eigenvalue weighted by atomic mass is 9.89. The molecule has 4 atom stereocenters. The first kappa shape index (κ1) is 29.3. The normalized spacial score (nSPS) is 25.3. The van der Waals surface area contributed by atoms with Crippen molar-refractivity contribution in [3.8, 4) is 5.75 Å². The van der Waals surface area contributed by atoms with Crippen LogP contribution in [0.4, 0.5) is 0 Å². The van der Waals surface area contributed by atoms with Gasteiger partial charge in [-0.15, -0.1) is 0 Å². The molecule has 0 amide bonds. The van der Waals surface area contributed by atoms with Crippen LogP contribution >= 0.6 is 0 Å². The number of ether oxygens (including phenoxy) is 4. The number of H-pyrrole nitrogens is 1. The lowest BCUT2D eigenvalue weighted by molar-refractivity contribution is -0.305. The number of nitrogens with one attached hydrogen (secondary N) is 1. The number of aryl methyl sites for hydroxylation is 2. The highest BCUT2D eigenvalue weighted by Gasteiger charge is 2.53. The number of carbonyl (C=O) groups is 1. The van der Waals surface area contributed by atoms with Gasteiger partial charge in [-0.1, -0.05) is 0 Å². The Balaban J connectivity index is 1.41. The highest BCUT2D eigenvalue weighted by Crippen LogP contribution is 2.37. The lowest BCUT2D eigenvalue weighted by Gasteiger charge is -2.47. The molecular weight excluding hydrogens is 532 g/mol. The lowest BCUT2D eigenvalue weighted by Crippen LogP contribution is -2.65. The number of piperidine rings is 1. The van der Waals surface area contributed by atoms with Crippen molar-refractivity contribution in [1.82, 2.24) is 9.88 Å². The molecule has 5 rings (SSSR count). The molecule has 11 heteroatoms. The Kier molecular flexibility index (Phi) is 8.27. The van der Waals surface area contributed by atoms with Gasteiger partial charge < -0.3 is 38.6 Å². The number of aliphatic hydroxyl groups is 2. The summed E-state index contributed by atoms with van der Waals surface area (Å²) >= 11 is 0. The van der Waals surface area contributed by atoms with Crippen molar-refractivity contribution in [1.29, 1.82) is 0 Å². The van der Waals surface area contributed by atoms with Crippen molar-refractivity contribution in [2.45, 2.75) is 83.4 Å². The first-order valence-electron chi connectivity index (χ1n) is 13.9. The van der Waals surface area contributed by atoms with Crippen LogP contribution in [-0.2, 0) is 20.8 Å². The van der Waals surface area contributed by atoms with Crippen molar-refractivity contribution in [2.24, 2.45) is 0 Å². The van der Waals surface area contributed by atoms with Crippen LogP contribution in [0.5, 0.6) is 5.75 Å². The minimum Gasteiger partial charge on any atom is -0.462 e. The van der Waals surface area contributed by atoms with Gasteiger partial charge in [0.25, 0.3) is 0 Å². The summed E-state index contributed by atoms with van der Waals surface area (Å²) in [5.41, 5.74) is 1.34. The summed E-state index contributed by atoms with van der Waals surface area (Å²) in [6.07, 6.45) is -3.39. The van der Waals surface area contributed by atoms with E-state index < -0.39 is 41.8 Å². The minimum absolute atomic E-state index is 0.253. The first-order chi connectivity index (χ1) is 19.5. The topological polar surface area (TPSA) is 144 Å². The van der Waals surface area contributed by atoms with Gasteiger partial charge in [0.1, 0.15) is 23.1 Å². The van der Waals surface area contributed by atoms with E-state index in [1.165, 1.54) is 13.2 Å². The molecule has 4 heterocycles. The van der Waals surface area contributed by atoms with Gasteiger partial charge in [0.15, 0.2) is 12.2 Å². The maximum atomic E-state index is 12.9. The largest absolute Gasteiger partial charge is 0.462 e. The number of benzene rings is 1. The highest BCUT2D eigenvalue weighted by molar-refractivity contribution is 5.87. The fourth-order valence-corrected chi connectivity index (χ4v) is 5.73. The number of hydrogen-bond acceptors (Lipinski definition) is 10. The zero-order valence-electron chi connectivity index (χ0n) is 24.0. The average molecular weight is 571 g/mol. The summed E-state index contributed by atoms with van der Waals surface area (Å²) in [5.74, 6) is -0.292. The van der Waals surface area contributed by atoms with Gasteiger partial charge in [0.2, 0.25) is 6.29 Å². The summed E-state index contributed by atoms with van der Waals surface area (Å²) in [7, 11) is 1.46. The smallest absolute Gasteiger partial charge is 0.355 e. The van der Waals surface area contributed by atoms with Crippen LogP contribution in [0.2, 0.25) is 0 Å². The molecule has 11 nitrogen and oxygen atoms in total. The number of esters is 1. The summed E-state index contributed by atoms with van der Waals surface area (Å²) in [5, 5.41) is 21.9. The van der Waals surface area contributed by atoms with Crippen LogP contribution in [-0.4, -0.2) is 82.6 Å². The molecule has 0 radical (unpaired) electrons. The van der Waals surface area contributed by atoms with E-state index in [1.54, 1.807) is 39.0 Å². The molecule has 0 unspecified atom stereocenters. The molecule has 222 valence electrons. The van der Waals surface area contributed by atoms with E-state index in [-0.39, 0.29) is 11.8 Å². The fourth-order valence-electron chi connectivity index (χ4n) is 5.73. The Labute approximate surface area is 238 Å². The van der Waals surface area contributed by atoms with Crippen LogP contribution in [0.3, 0.4) is 0 Å². The Hall–Kier alpha value is -3.22. The monoisotopic (exact) mass is 570 g/mol. The third kappa shape index (κ3) is 6.05. The second-order valence-electron chi connectivity index (χ2n) is 11.4. The molecule has 3 aromatic rings. The number of rotatable bonds is 7. The zero-order chi connectivity index (χ0) is 29.5. The molecule has 1 aromatic carbocycles. The third-order valence-electron chi connectivity index (χ3n) is 7.96. The minimum atomic E-state index is -1.39. The molecule has 3 N–H and O–H groups in total. The number of aromatic nitrogens is 1. The summed E-state index contributed by atoms with van der Waals surface area (Å²) in [6, 6.07) is 8.43. The third-order valence-corrected chi connectivity index (χ3v) is 7.96. The van der Waals surface area contributed by atoms with E-state index in [0.29, 0.717) is 36.3 Å². The van der Waals surface area contributed by atoms with Crippen LogP contribution in [0.1, 0.15) is 54.0 Å². The number of fused-ring (bicyclic) bond motifs is 1. The second kappa shape index (κ2) is 11.6. The molecule has 2 saturated heterocycles. The van der Waals surface area contributed by atoms with Gasteiger partial charge in [0, 0.05) is 49.5 Å². The van der Waals surface area contributed by atoms with Gasteiger partial charge in [-0.2, -0.15) is 0 Å². The molecule has 0 saturated carbocycles. The zero-order valence-corrected chi connectivity index (χ0v) is 24.0. The van der Waals surface area contributed by atoms with Crippen LogP contribution in [0.25, 0.3) is 11.0 Å². The first-order valence-corrected chi connectivity index (χ1v) is 13.9. The number of aliphatic hydroxyl groups excluding tert-OH is 2. The highest BCUT2D eigenvalue weighted by atomic mass is 16.7. The van der Waals surface area contributed by atoms with Gasteiger partial charge in [-0.05, 0) is 70.4 Å². The number of carbonyl (C=O) groups excluding carboxylic acids is 1. The number of likely N-dealkylation sites (tertiary alicyclic amines) is 1. The van der Waals surface area contributed by atoms with Gasteiger partial charge >= 0.3 is 11.6 Å². The Morgan fingerprint density at radius 3 is 2.54 bits per heavy atom. The SMILES string of the molecule is CO[C@@H]1[C@@H](OC(=O)c2ccc(C)[nH]2)[C@@H](O)[C@H](Oc2ccc3c(CN4CCC(O)CC4)cc(=O)oc3c2C)OC1(C)C. The molecular formula is C30H38N2O9. The average Bonchev–Trinajstić information content (AvgIpc) is 3.36. The van der Waals surface area contributed by atoms with Crippen molar-refractivity contribution in [2.75, 3.05) is 20.2 Å². The molecule has 0 aliphatic carbocycles. The maximum absolute atomic E-state index is 12.9.